The molecule has 310 valence electrons. The van der Waals surface area contributed by atoms with Crippen molar-refractivity contribution in [3.8, 4) is 11.1 Å². The number of carboxylic acids is 1. The first-order chi connectivity index (χ1) is 26.7. The summed E-state index contributed by atoms with van der Waals surface area (Å²) in [4.78, 5) is 101. The van der Waals surface area contributed by atoms with Gasteiger partial charge in [-0.25, -0.2) is 0 Å². The van der Waals surface area contributed by atoms with Crippen LogP contribution in [0.5, 0.6) is 0 Å². The maximum atomic E-state index is 14.1. The van der Waals surface area contributed by atoms with Gasteiger partial charge in [0.1, 0.15) is 24.2 Å². The maximum absolute atomic E-state index is 14.1. The summed E-state index contributed by atoms with van der Waals surface area (Å²) in [5.41, 5.74) is 1.54. The second-order valence-corrected chi connectivity index (χ2v) is 16.2. The molecule has 6 amide bonds. The number of fused-ring (bicyclic) bond motifs is 3. The minimum Gasteiger partial charge on any atom is -0.481 e. The van der Waals surface area contributed by atoms with Gasteiger partial charge in [-0.1, -0.05) is 19.9 Å². The van der Waals surface area contributed by atoms with Crippen molar-refractivity contribution in [1.82, 2.24) is 41.8 Å². The molecule has 0 aliphatic carbocycles. The fourth-order valence-corrected chi connectivity index (χ4v) is 7.16. The molecule has 2 aliphatic heterocycles. The van der Waals surface area contributed by atoms with Crippen LogP contribution in [0.25, 0.3) is 11.1 Å². The molecular weight excluding hydrogens is 736 g/mol. The third kappa shape index (κ3) is 12.0. The smallest absolute Gasteiger partial charge is 0.305 e. The van der Waals surface area contributed by atoms with Crippen LogP contribution in [0.2, 0.25) is 0 Å². The molecule has 8 N–H and O–H groups in total. The van der Waals surface area contributed by atoms with Crippen LogP contribution < -0.4 is 31.9 Å². The Labute approximate surface area is 332 Å². The number of aromatic nitrogens is 1. The SMILES string of the molecule is CC(C)C[C@@H]1NC(=O)c2ccc(-c3ccncc3)c(c2)CNC(=O)[C@@H]2CCCN2[C@H](C(=O)NC(C)(C)C)[C@H](C)NC(=O)[C@H]([C@@H](C)O)NC(=O)[C@H](CC(=O)O)NC1=O. The quantitative estimate of drug-likeness (QED) is 0.193. The summed E-state index contributed by atoms with van der Waals surface area (Å²) >= 11 is 0. The van der Waals surface area contributed by atoms with Crippen LogP contribution in [0.15, 0.2) is 42.7 Å². The molecule has 7 atom stereocenters. The number of amides is 6. The highest BCUT2D eigenvalue weighted by atomic mass is 16.4. The molecule has 3 heterocycles. The average molecular weight is 793 g/mol. The molecule has 0 unspecified atom stereocenters. The highest BCUT2D eigenvalue weighted by molar-refractivity contribution is 6.00. The third-order valence-electron chi connectivity index (χ3n) is 9.78. The number of aliphatic carboxylic acids is 1. The standard InChI is InChI=1S/C40H56N8O9/c1-21(2)17-28-35(53)45-29(19-31(50)51)36(54)46-32(23(4)49)38(56)43-22(3)33(39(57)47-40(5,6)7)48-16-8-9-30(48)37(55)42-20-26-18-25(34(52)44-28)10-11-27(26)24-12-14-41-15-13-24/h10-15,18,21-23,28-30,32-33,49H,8-9,16-17,19-20H2,1-7H3,(H,42,55)(H,43,56)(H,44,52)(H,45,53)(H,46,54)(H,47,57)(H,50,51)/t22-,23+,28-,29-,30-,32-,33-/m0/s1. The summed E-state index contributed by atoms with van der Waals surface area (Å²) in [5.74, 6) is -5.85. The summed E-state index contributed by atoms with van der Waals surface area (Å²) in [5, 5.41) is 36.5. The minimum atomic E-state index is -1.71. The molecule has 17 heteroatoms. The van der Waals surface area contributed by atoms with Gasteiger partial charge >= 0.3 is 5.97 Å². The van der Waals surface area contributed by atoms with Crippen LogP contribution in [0, 0.1) is 5.92 Å². The van der Waals surface area contributed by atoms with Crippen LogP contribution in [-0.2, 0) is 35.3 Å². The largest absolute Gasteiger partial charge is 0.481 e. The second-order valence-electron chi connectivity index (χ2n) is 16.2. The summed E-state index contributed by atoms with van der Waals surface area (Å²) < 4.78 is 0. The predicted molar refractivity (Wildman–Crippen MR) is 209 cm³/mol. The van der Waals surface area contributed by atoms with Gasteiger partial charge in [-0.05, 0) is 107 Å². The van der Waals surface area contributed by atoms with Gasteiger partial charge in [0, 0.05) is 30.0 Å². The molecule has 57 heavy (non-hydrogen) atoms. The number of hydrogen-bond acceptors (Lipinski definition) is 10. The lowest BCUT2D eigenvalue weighted by atomic mass is 9.97. The molecule has 4 rings (SSSR count). The Morgan fingerprint density at radius 3 is 2.18 bits per heavy atom. The van der Waals surface area contributed by atoms with Gasteiger partial charge < -0.3 is 42.1 Å². The van der Waals surface area contributed by atoms with Crippen molar-refractivity contribution in [2.24, 2.45) is 5.92 Å². The number of carbonyl (C=O) groups excluding carboxylic acids is 6. The predicted octanol–water partition coefficient (Wildman–Crippen LogP) is 0.600. The Kier molecular flexibility index (Phi) is 14.9. The molecule has 1 saturated heterocycles. The van der Waals surface area contributed by atoms with Crippen LogP contribution in [0.4, 0.5) is 0 Å². The maximum Gasteiger partial charge on any atom is 0.305 e. The Morgan fingerprint density at radius 2 is 1.56 bits per heavy atom. The lowest BCUT2D eigenvalue weighted by Gasteiger charge is -2.37. The number of benzene rings is 1. The average Bonchev–Trinajstić information content (AvgIpc) is 3.60. The number of carboxylic acid groups (broad SMARTS) is 1. The molecule has 17 nitrogen and oxygen atoms in total. The summed E-state index contributed by atoms with van der Waals surface area (Å²) in [6.07, 6.45) is 1.94. The van der Waals surface area contributed by atoms with Crippen molar-refractivity contribution >= 4 is 41.4 Å². The van der Waals surface area contributed by atoms with E-state index in [2.05, 4.69) is 36.9 Å². The normalized spacial score (nSPS) is 25.1. The lowest BCUT2D eigenvalue weighted by Crippen LogP contribution is -2.65. The molecule has 0 saturated carbocycles. The molecule has 2 aromatic rings. The van der Waals surface area contributed by atoms with Crippen molar-refractivity contribution in [2.45, 2.75) is 129 Å². The fourth-order valence-electron chi connectivity index (χ4n) is 7.16. The molecule has 0 radical (unpaired) electrons. The van der Waals surface area contributed by atoms with E-state index in [4.69, 9.17) is 0 Å². The van der Waals surface area contributed by atoms with Gasteiger partial charge in [0.15, 0.2) is 0 Å². The van der Waals surface area contributed by atoms with Crippen LogP contribution in [0.3, 0.4) is 0 Å². The topological polar surface area (TPSA) is 248 Å². The first-order valence-corrected chi connectivity index (χ1v) is 19.3. The van der Waals surface area contributed by atoms with E-state index in [9.17, 15) is 43.8 Å². The van der Waals surface area contributed by atoms with Gasteiger partial charge in [-0.3, -0.25) is 43.4 Å². The number of aliphatic hydroxyl groups is 1. The van der Waals surface area contributed by atoms with Gasteiger partial charge in [0.2, 0.25) is 29.5 Å². The van der Waals surface area contributed by atoms with E-state index in [0.29, 0.717) is 30.5 Å². The second kappa shape index (κ2) is 19.1. The molecule has 1 aromatic heterocycles. The number of hydrogen-bond donors (Lipinski definition) is 8. The number of pyridine rings is 1. The molecule has 0 spiro atoms. The van der Waals surface area contributed by atoms with Crippen molar-refractivity contribution in [2.75, 3.05) is 6.54 Å². The first kappa shape index (κ1) is 44.3. The Hall–Kier alpha value is -5.42. The van der Waals surface area contributed by atoms with E-state index in [1.807, 2.05) is 13.8 Å². The van der Waals surface area contributed by atoms with Crippen LogP contribution in [0.1, 0.15) is 90.1 Å². The molecule has 1 fully saturated rings. The van der Waals surface area contributed by atoms with Gasteiger partial charge in [-0.2, -0.15) is 0 Å². The highest BCUT2D eigenvalue weighted by Crippen LogP contribution is 2.27. The molecular formula is C40H56N8O9. The van der Waals surface area contributed by atoms with E-state index in [1.165, 1.54) is 6.92 Å². The Morgan fingerprint density at radius 1 is 0.895 bits per heavy atom. The number of aliphatic hydroxyl groups excluding tert-OH is 1. The Balaban J connectivity index is 1.83. The molecule has 2 aliphatic rings. The van der Waals surface area contributed by atoms with Crippen molar-refractivity contribution in [3.05, 3.63) is 53.9 Å². The lowest BCUT2D eigenvalue weighted by molar-refractivity contribution is -0.141. The monoisotopic (exact) mass is 792 g/mol. The Bertz CT molecular complexity index is 1810. The first-order valence-electron chi connectivity index (χ1n) is 19.3. The van der Waals surface area contributed by atoms with Gasteiger partial charge in [-0.15, -0.1) is 0 Å². The molecule has 2 bridgehead atoms. The van der Waals surface area contributed by atoms with Crippen LogP contribution in [-0.4, -0.2) is 116 Å². The van der Waals surface area contributed by atoms with E-state index < -0.39 is 89.8 Å². The highest BCUT2D eigenvalue weighted by Gasteiger charge is 2.43. The van der Waals surface area contributed by atoms with Crippen molar-refractivity contribution < 1.29 is 43.8 Å². The van der Waals surface area contributed by atoms with Crippen LogP contribution >= 0.6 is 0 Å². The molecule has 1 aromatic carbocycles. The van der Waals surface area contributed by atoms with Gasteiger partial charge in [0.25, 0.3) is 5.91 Å². The summed E-state index contributed by atoms with van der Waals surface area (Å²) in [7, 11) is 0. The zero-order valence-electron chi connectivity index (χ0n) is 33.5. The summed E-state index contributed by atoms with van der Waals surface area (Å²) in [6.45, 7) is 12.2. The third-order valence-corrected chi connectivity index (χ3v) is 9.78. The van der Waals surface area contributed by atoms with E-state index >= 15 is 0 Å². The zero-order chi connectivity index (χ0) is 42.2. The number of rotatable bonds is 7. The number of nitrogens with zero attached hydrogens (tertiary/aromatic N) is 2. The van der Waals surface area contributed by atoms with E-state index in [-0.39, 0.29) is 30.4 Å². The fraction of sp³-hybridized carbons (Fsp3) is 0.550. The summed E-state index contributed by atoms with van der Waals surface area (Å²) in [6, 6.07) is 1.09. The van der Waals surface area contributed by atoms with E-state index in [1.54, 1.807) is 75.3 Å². The van der Waals surface area contributed by atoms with Gasteiger partial charge in [0.05, 0.1) is 24.6 Å². The van der Waals surface area contributed by atoms with Crippen molar-refractivity contribution in [1.29, 1.82) is 0 Å². The number of nitrogens with one attached hydrogen (secondary N) is 6. The number of carbonyl (C=O) groups is 7. The van der Waals surface area contributed by atoms with E-state index in [0.717, 1.165) is 5.56 Å². The minimum absolute atomic E-state index is 0.0102. The van der Waals surface area contributed by atoms with Crippen molar-refractivity contribution in [3.63, 3.8) is 0 Å². The zero-order valence-corrected chi connectivity index (χ0v) is 33.5.